The molecule has 2 aromatic carbocycles. The van der Waals surface area contributed by atoms with Crippen LogP contribution in [-0.4, -0.2) is 65.3 Å². The second-order valence-corrected chi connectivity index (χ2v) is 9.27. The fourth-order valence-corrected chi connectivity index (χ4v) is 4.57. The van der Waals surface area contributed by atoms with Gasteiger partial charge in [0.15, 0.2) is 0 Å². The number of nitrogens with zero attached hydrogens (tertiary/aromatic N) is 1. The molecule has 2 amide bonds. The van der Waals surface area contributed by atoms with E-state index in [2.05, 4.69) is 5.32 Å². The molecular weight excluding hydrogens is 480 g/mol. The van der Waals surface area contributed by atoms with Gasteiger partial charge < -0.3 is 26.2 Å². The Kier molecular flexibility index (Phi) is 12.1. The van der Waals surface area contributed by atoms with Gasteiger partial charge in [-0.15, -0.1) is 0 Å². The summed E-state index contributed by atoms with van der Waals surface area (Å²) in [6, 6.07) is 7.43. The van der Waals surface area contributed by atoms with Crippen molar-refractivity contribution in [2.45, 2.75) is 64.5 Å². The van der Waals surface area contributed by atoms with Crippen LogP contribution in [0, 0.1) is 11.6 Å². The molecule has 0 aliphatic heterocycles. The number of primary amides is 1. The molecule has 3 atom stereocenters. The van der Waals surface area contributed by atoms with E-state index in [1.54, 1.807) is 17.0 Å². The minimum Gasteiger partial charge on any atom is -0.395 e. The highest BCUT2D eigenvalue weighted by molar-refractivity contribution is 6.02. The van der Waals surface area contributed by atoms with Gasteiger partial charge in [-0.2, -0.15) is 0 Å². The maximum absolute atomic E-state index is 14.0. The van der Waals surface area contributed by atoms with Crippen molar-refractivity contribution < 1.29 is 28.6 Å². The van der Waals surface area contributed by atoms with Gasteiger partial charge in [-0.3, -0.25) is 9.59 Å². The number of carbonyl (C=O) groups excluding carboxylic acids is 2. The fourth-order valence-electron chi connectivity index (χ4n) is 4.57. The SMILES string of the molecule is CCCN(CCC)C(=O)c1cccc(C(N)=O)c1[C@H](Cc1cc(F)cc(F)c1)[C@@H](O)CN[C@H](CC)CO. The number of halogens is 2. The van der Waals surface area contributed by atoms with Crippen molar-refractivity contribution in [1.82, 2.24) is 10.2 Å². The lowest BCUT2D eigenvalue weighted by Gasteiger charge is -2.30. The van der Waals surface area contributed by atoms with Crippen LogP contribution in [0.1, 0.15) is 77.8 Å². The van der Waals surface area contributed by atoms with Crippen molar-refractivity contribution in [3.05, 3.63) is 70.3 Å². The Bertz CT molecular complexity index is 1020. The van der Waals surface area contributed by atoms with Crippen molar-refractivity contribution in [3.63, 3.8) is 0 Å². The molecule has 2 aromatic rings. The first-order valence-corrected chi connectivity index (χ1v) is 12.9. The Balaban J connectivity index is 2.67. The van der Waals surface area contributed by atoms with Crippen LogP contribution in [0.2, 0.25) is 0 Å². The van der Waals surface area contributed by atoms with E-state index < -0.39 is 29.6 Å². The predicted molar refractivity (Wildman–Crippen MR) is 139 cm³/mol. The highest BCUT2D eigenvalue weighted by Crippen LogP contribution is 2.32. The summed E-state index contributed by atoms with van der Waals surface area (Å²) in [4.78, 5) is 27.9. The normalized spacial score (nSPS) is 13.7. The summed E-state index contributed by atoms with van der Waals surface area (Å²) in [7, 11) is 0. The molecule has 7 nitrogen and oxygen atoms in total. The van der Waals surface area contributed by atoms with Crippen LogP contribution in [0.5, 0.6) is 0 Å². The summed E-state index contributed by atoms with van der Waals surface area (Å²) >= 11 is 0. The van der Waals surface area contributed by atoms with Crippen molar-refractivity contribution in [3.8, 4) is 0 Å². The molecule has 2 rings (SSSR count). The van der Waals surface area contributed by atoms with E-state index in [9.17, 15) is 28.6 Å². The number of aliphatic hydroxyl groups is 2. The van der Waals surface area contributed by atoms with Crippen LogP contribution < -0.4 is 11.1 Å². The average Bonchev–Trinajstić information content (AvgIpc) is 2.86. The zero-order valence-electron chi connectivity index (χ0n) is 21.8. The van der Waals surface area contributed by atoms with Crippen molar-refractivity contribution in [2.24, 2.45) is 5.73 Å². The summed E-state index contributed by atoms with van der Waals surface area (Å²) in [6.07, 6.45) is 0.834. The molecule has 0 saturated carbocycles. The molecule has 0 spiro atoms. The van der Waals surface area contributed by atoms with E-state index in [4.69, 9.17) is 5.73 Å². The lowest BCUT2D eigenvalue weighted by atomic mass is 9.81. The van der Waals surface area contributed by atoms with E-state index >= 15 is 0 Å². The third kappa shape index (κ3) is 8.31. The second-order valence-electron chi connectivity index (χ2n) is 9.27. The van der Waals surface area contributed by atoms with Crippen LogP contribution in [0.25, 0.3) is 0 Å². The smallest absolute Gasteiger partial charge is 0.254 e. The topological polar surface area (TPSA) is 116 Å². The molecule has 0 radical (unpaired) electrons. The maximum Gasteiger partial charge on any atom is 0.254 e. The van der Waals surface area contributed by atoms with Crippen LogP contribution in [0.3, 0.4) is 0 Å². The van der Waals surface area contributed by atoms with Gasteiger partial charge in [0.25, 0.3) is 5.91 Å². The first kappa shape index (κ1) is 30.3. The Morgan fingerprint density at radius 1 is 1.03 bits per heavy atom. The van der Waals surface area contributed by atoms with Gasteiger partial charge >= 0.3 is 0 Å². The molecule has 9 heteroatoms. The first-order chi connectivity index (χ1) is 17.7. The molecule has 0 aromatic heterocycles. The van der Waals surface area contributed by atoms with Crippen molar-refractivity contribution in [1.29, 1.82) is 0 Å². The quantitative estimate of drug-likeness (QED) is 0.288. The van der Waals surface area contributed by atoms with Gasteiger partial charge in [0, 0.05) is 48.8 Å². The molecule has 0 fully saturated rings. The summed E-state index contributed by atoms with van der Waals surface area (Å²) in [5, 5.41) is 24.0. The van der Waals surface area contributed by atoms with Crippen LogP contribution in [0.4, 0.5) is 8.78 Å². The summed E-state index contributed by atoms with van der Waals surface area (Å²) < 4.78 is 28.1. The number of nitrogens with one attached hydrogen (secondary N) is 1. The highest BCUT2D eigenvalue weighted by atomic mass is 19.1. The standard InChI is InChI=1S/C28H39F2N3O4/c1-4-10-33(11-5-2)28(37)23-9-7-8-22(27(31)36)26(23)24(25(35)16-32-21(6-3)17-34)14-18-12-19(29)15-20(30)13-18/h7-9,12-13,15,21,24-25,32,34-35H,4-6,10-11,14,16-17H2,1-3H3,(H2,31,36)/t21-,24-,25+/m1/s1. The van der Waals surface area contributed by atoms with Gasteiger partial charge in [-0.25, -0.2) is 8.78 Å². The Hall–Kier alpha value is -2.88. The largest absolute Gasteiger partial charge is 0.395 e. The van der Waals surface area contributed by atoms with E-state index in [0.29, 0.717) is 19.5 Å². The fraction of sp³-hybridized carbons (Fsp3) is 0.500. The maximum atomic E-state index is 14.0. The Labute approximate surface area is 217 Å². The zero-order valence-corrected chi connectivity index (χ0v) is 21.8. The van der Waals surface area contributed by atoms with Gasteiger partial charge in [0.1, 0.15) is 11.6 Å². The zero-order chi connectivity index (χ0) is 27.5. The number of hydrogen-bond acceptors (Lipinski definition) is 5. The summed E-state index contributed by atoms with van der Waals surface area (Å²) in [6.45, 7) is 6.67. The van der Waals surface area contributed by atoms with E-state index in [0.717, 1.165) is 31.0 Å². The molecule has 0 aliphatic carbocycles. The molecule has 0 bridgehead atoms. The van der Waals surface area contributed by atoms with E-state index in [-0.39, 0.29) is 53.8 Å². The third-order valence-corrected chi connectivity index (χ3v) is 6.42. The van der Waals surface area contributed by atoms with Crippen molar-refractivity contribution in [2.75, 3.05) is 26.2 Å². The number of amides is 2. The highest BCUT2D eigenvalue weighted by Gasteiger charge is 2.32. The van der Waals surface area contributed by atoms with Gasteiger partial charge in [0.05, 0.1) is 12.7 Å². The molecular formula is C28H39F2N3O4. The first-order valence-electron chi connectivity index (χ1n) is 12.9. The van der Waals surface area contributed by atoms with Gasteiger partial charge in [-0.05, 0) is 61.1 Å². The van der Waals surface area contributed by atoms with Crippen LogP contribution in [0.15, 0.2) is 36.4 Å². The number of benzene rings is 2. The van der Waals surface area contributed by atoms with E-state index in [1.807, 2.05) is 20.8 Å². The lowest BCUT2D eigenvalue weighted by molar-refractivity contribution is 0.0751. The lowest BCUT2D eigenvalue weighted by Crippen LogP contribution is -2.41. The molecule has 204 valence electrons. The molecule has 0 unspecified atom stereocenters. The minimum absolute atomic E-state index is 0.00981. The van der Waals surface area contributed by atoms with Gasteiger partial charge in [-0.1, -0.05) is 26.8 Å². The summed E-state index contributed by atoms with van der Waals surface area (Å²) in [5.74, 6) is -3.54. The van der Waals surface area contributed by atoms with Crippen molar-refractivity contribution >= 4 is 11.8 Å². The summed E-state index contributed by atoms with van der Waals surface area (Å²) in [5.41, 5.74) is 6.49. The number of carbonyl (C=O) groups is 2. The molecule has 0 aliphatic rings. The number of nitrogens with two attached hydrogens (primary N) is 1. The Morgan fingerprint density at radius 3 is 2.14 bits per heavy atom. The monoisotopic (exact) mass is 519 g/mol. The molecule has 0 saturated heterocycles. The Morgan fingerprint density at radius 2 is 1.62 bits per heavy atom. The predicted octanol–water partition coefficient (Wildman–Crippen LogP) is 3.37. The molecule has 0 heterocycles. The average molecular weight is 520 g/mol. The third-order valence-electron chi connectivity index (χ3n) is 6.42. The number of hydrogen-bond donors (Lipinski definition) is 4. The number of rotatable bonds is 15. The van der Waals surface area contributed by atoms with Crippen LogP contribution in [-0.2, 0) is 6.42 Å². The molecule has 5 N–H and O–H groups in total. The second kappa shape index (κ2) is 14.8. The number of aliphatic hydroxyl groups excluding tert-OH is 2. The van der Waals surface area contributed by atoms with Crippen LogP contribution >= 0.6 is 0 Å². The van der Waals surface area contributed by atoms with E-state index in [1.165, 1.54) is 6.07 Å². The molecule has 37 heavy (non-hydrogen) atoms. The van der Waals surface area contributed by atoms with Gasteiger partial charge in [0.2, 0.25) is 5.91 Å². The minimum atomic E-state index is -1.18.